The van der Waals surface area contributed by atoms with Gasteiger partial charge in [-0.1, -0.05) is 0 Å². The number of hydrogen-bond acceptors (Lipinski definition) is 2. The molecule has 1 heterocycles. The van der Waals surface area contributed by atoms with Crippen LogP contribution in [0.25, 0.3) is 11.4 Å². The summed E-state index contributed by atoms with van der Waals surface area (Å²) in [7, 11) is 0. The predicted molar refractivity (Wildman–Crippen MR) is 57.8 cm³/mol. The number of aryl methyl sites for hydroxylation is 2. The second-order valence-electron chi connectivity index (χ2n) is 3.62. The van der Waals surface area contributed by atoms with Gasteiger partial charge in [-0.2, -0.15) is 0 Å². The second-order valence-corrected chi connectivity index (χ2v) is 3.62. The fourth-order valence-electron chi connectivity index (χ4n) is 1.45. The number of H-pyrrole nitrogens is 1. The Labute approximate surface area is 91.3 Å². The summed E-state index contributed by atoms with van der Waals surface area (Å²) in [6, 6.07) is 2.32. The molecule has 0 fully saturated rings. The van der Waals surface area contributed by atoms with Crippen molar-refractivity contribution in [2.24, 2.45) is 0 Å². The Morgan fingerprint density at radius 3 is 2.50 bits per heavy atom. The molecule has 3 N–H and O–H groups in total. The molecule has 3 nitrogen and oxygen atoms in total. The molecule has 0 bridgehead atoms. The summed E-state index contributed by atoms with van der Waals surface area (Å²) in [6.07, 6.45) is 0. The van der Waals surface area contributed by atoms with Crippen LogP contribution in [0, 0.1) is 25.5 Å². The number of nitrogens with one attached hydrogen (secondary N) is 1. The first-order valence-electron chi connectivity index (χ1n) is 4.77. The van der Waals surface area contributed by atoms with Crippen molar-refractivity contribution in [3.63, 3.8) is 0 Å². The van der Waals surface area contributed by atoms with Crippen LogP contribution in [0.2, 0.25) is 0 Å². The molecule has 0 radical (unpaired) electrons. The topological polar surface area (TPSA) is 54.7 Å². The number of nitrogen functional groups attached to an aromatic ring is 1. The normalized spacial score (nSPS) is 10.8. The van der Waals surface area contributed by atoms with Gasteiger partial charge in [0.05, 0.1) is 16.9 Å². The summed E-state index contributed by atoms with van der Waals surface area (Å²) >= 11 is 0. The van der Waals surface area contributed by atoms with E-state index in [0.717, 1.165) is 11.8 Å². The van der Waals surface area contributed by atoms with Gasteiger partial charge in [0, 0.05) is 5.69 Å². The molecule has 0 unspecified atom stereocenters. The average Bonchev–Trinajstić information content (AvgIpc) is 2.54. The van der Waals surface area contributed by atoms with Crippen LogP contribution in [-0.2, 0) is 0 Å². The number of anilines is 1. The van der Waals surface area contributed by atoms with E-state index in [1.807, 2.05) is 0 Å². The van der Waals surface area contributed by atoms with Crippen molar-refractivity contribution >= 4 is 5.69 Å². The monoisotopic (exact) mass is 223 g/mol. The van der Waals surface area contributed by atoms with Crippen LogP contribution in [0.4, 0.5) is 14.5 Å². The molecule has 0 saturated carbocycles. The van der Waals surface area contributed by atoms with Crippen molar-refractivity contribution in [1.29, 1.82) is 0 Å². The minimum atomic E-state index is -0.784. The van der Waals surface area contributed by atoms with Crippen LogP contribution < -0.4 is 5.73 Å². The molecular weight excluding hydrogens is 212 g/mol. The van der Waals surface area contributed by atoms with E-state index in [0.29, 0.717) is 5.69 Å². The van der Waals surface area contributed by atoms with Crippen molar-refractivity contribution in [3.05, 3.63) is 35.2 Å². The summed E-state index contributed by atoms with van der Waals surface area (Å²) < 4.78 is 27.2. The third kappa shape index (κ3) is 1.54. The third-order valence-electron chi connectivity index (χ3n) is 2.49. The number of imidazole rings is 1. The first kappa shape index (κ1) is 10.6. The van der Waals surface area contributed by atoms with Gasteiger partial charge in [-0.15, -0.1) is 0 Å². The molecule has 0 aliphatic heterocycles. The second kappa shape index (κ2) is 3.59. The fourth-order valence-corrected chi connectivity index (χ4v) is 1.45. The zero-order valence-corrected chi connectivity index (χ0v) is 8.94. The highest BCUT2D eigenvalue weighted by Crippen LogP contribution is 2.27. The van der Waals surface area contributed by atoms with E-state index in [1.54, 1.807) is 13.8 Å². The van der Waals surface area contributed by atoms with Gasteiger partial charge in [0.1, 0.15) is 11.6 Å². The Balaban J connectivity index is 2.68. The van der Waals surface area contributed by atoms with E-state index < -0.39 is 11.6 Å². The van der Waals surface area contributed by atoms with Gasteiger partial charge in [0.15, 0.2) is 5.82 Å². The third-order valence-corrected chi connectivity index (χ3v) is 2.49. The summed E-state index contributed by atoms with van der Waals surface area (Å²) in [5.74, 6) is -1.30. The van der Waals surface area contributed by atoms with Gasteiger partial charge in [-0.25, -0.2) is 13.8 Å². The Hall–Kier alpha value is -1.91. The molecule has 0 aliphatic carbocycles. The lowest BCUT2D eigenvalue weighted by molar-refractivity contribution is 0.591. The van der Waals surface area contributed by atoms with E-state index in [-0.39, 0.29) is 17.1 Å². The SMILES string of the molecule is Cc1nc(-c2c(F)ccc(N)c2F)[nH]c1C. The quantitative estimate of drug-likeness (QED) is 0.730. The zero-order chi connectivity index (χ0) is 11.9. The van der Waals surface area contributed by atoms with Crippen molar-refractivity contribution in [2.45, 2.75) is 13.8 Å². The highest BCUT2D eigenvalue weighted by atomic mass is 19.1. The molecule has 2 rings (SSSR count). The highest BCUT2D eigenvalue weighted by molar-refractivity contribution is 5.64. The number of rotatable bonds is 1. The molecule has 0 amide bonds. The molecule has 1 aromatic carbocycles. The number of nitrogens with zero attached hydrogens (tertiary/aromatic N) is 1. The number of aromatic amines is 1. The van der Waals surface area contributed by atoms with Crippen molar-refractivity contribution in [3.8, 4) is 11.4 Å². The van der Waals surface area contributed by atoms with Gasteiger partial charge in [-0.3, -0.25) is 0 Å². The first-order chi connectivity index (χ1) is 7.50. The molecule has 1 aromatic heterocycles. The summed E-state index contributed by atoms with van der Waals surface area (Å²) in [5.41, 5.74) is 6.56. The maximum absolute atomic E-state index is 13.7. The van der Waals surface area contributed by atoms with Gasteiger partial charge in [-0.05, 0) is 26.0 Å². The van der Waals surface area contributed by atoms with Crippen LogP contribution in [0.15, 0.2) is 12.1 Å². The van der Waals surface area contributed by atoms with Gasteiger partial charge >= 0.3 is 0 Å². The van der Waals surface area contributed by atoms with E-state index in [2.05, 4.69) is 9.97 Å². The lowest BCUT2D eigenvalue weighted by atomic mass is 10.1. The Morgan fingerprint density at radius 1 is 1.25 bits per heavy atom. The standard InChI is InChI=1S/C11H11F2N3/c1-5-6(2)16-11(15-5)9-7(12)3-4-8(14)10(9)13/h3-4H,14H2,1-2H3,(H,15,16). The summed E-state index contributed by atoms with van der Waals surface area (Å²) in [6.45, 7) is 3.55. The van der Waals surface area contributed by atoms with Gasteiger partial charge in [0.2, 0.25) is 0 Å². The summed E-state index contributed by atoms with van der Waals surface area (Å²) in [5, 5.41) is 0. The largest absolute Gasteiger partial charge is 0.396 e. The van der Waals surface area contributed by atoms with E-state index in [4.69, 9.17) is 5.73 Å². The minimum Gasteiger partial charge on any atom is -0.396 e. The molecule has 16 heavy (non-hydrogen) atoms. The molecule has 0 saturated heterocycles. The number of halogens is 2. The molecule has 0 spiro atoms. The van der Waals surface area contributed by atoms with E-state index in [9.17, 15) is 8.78 Å². The first-order valence-corrected chi connectivity index (χ1v) is 4.77. The van der Waals surface area contributed by atoms with Gasteiger partial charge < -0.3 is 10.7 Å². The van der Waals surface area contributed by atoms with Crippen molar-refractivity contribution in [2.75, 3.05) is 5.73 Å². The number of nitrogens with two attached hydrogens (primary N) is 1. The van der Waals surface area contributed by atoms with Crippen molar-refractivity contribution < 1.29 is 8.78 Å². The maximum atomic E-state index is 13.7. The number of hydrogen-bond donors (Lipinski definition) is 2. The molecule has 0 aliphatic rings. The predicted octanol–water partition coefficient (Wildman–Crippen LogP) is 2.55. The lowest BCUT2D eigenvalue weighted by Gasteiger charge is -2.03. The number of aromatic nitrogens is 2. The maximum Gasteiger partial charge on any atom is 0.159 e. The molecular formula is C11H11F2N3. The molecule has 5 heteroatoms. The van der Waals surface area contributed by atoms with E-state index in [1.165, 1.54) is 6.07 Å². The van der Waals surface area contributed by atoms with Crippen LogP contribution in [-0.4, -0.2) is 9.97 Å². The highest BCUT2D eigenvalue weighted by Gasteiger charge is 2.17. The van der Waals surface area contributed by atoms with Crippen LogP contribution in [0.5, 0.6) is 0 Å². The van der Waals surface area contributed by atoms with Gasteiger partial charge in [0.25, 0.3) is 0 Å². The van der Waals surface area contributed by atoms with Crippen LogP contribution in [0.3, 0.4) is 0 Å². The van der Waals surface area contributed by atoms with Crippen molar-refractivity contribution in [1.82, 2.24) is 9.97 Å². The number of benzene rings is 1. The minimum absolute atomic E-state index is 0.0943. The molecule has 84 valence electrons. The average molecular weight is 223 g/mol. The van der Waals surface area contributed by atoms with Crippen LogP contribution in [0.1, 0.15) is 11.4 Å². The Bertz CT molecular complexity index is 527. The molecule has 2 aromatic rings. The summed E-state index contributed by atoms with van der Waals surface area (Å²) in [4.78, 5) is 6.87. The Morgan fingerprint density at radius 2 is 1.94 bits per heavy atom. The smallest absolute Gasteiger partial charge is 0.159 e. The lowest BCUT2D eigenvalue weighted by Crippen LogP contribution is -1.97. The Kier molecular flexibility index (Phi) is 2.38. The van der Waals surface area contributed by atoms with Crippen LogP contribution >= 0.6 is 0 Å². The zero-order valence-electron chi connectivity index (χ0n) is 8.94. The van der Waals surface area contributed by atoms with E-state index >= 15 is 0 Å². The fraction of sp³-hybridized carbons (Fsp3) is 0.182. The molecule has 0 atom stereocenters.